The summed E-state index contributed by atoms with van der Waals surface area (Å²) in [4.78, 5) is 15.6. The minimum atomic E-state index is 0.816. The van der Waals surface area contributed by atoms with Gasteiger partial charge in [-0.15, -0.1) is 11.3 Å². The van der Waals surface area contributed by atoms with Crippen LogP contribution in [-0.4, -0.2) is 19.4 Å². The molecule has 0 unspecified atom stereocenters. The molecule has 10 rings (SSSR count). The van der Waals surface area contributed by atoms with E-state index in [2.05, 4.69) is 124 Å². The second kappa shape index (κ2) is 10.7. The summed E-state index contributed by atoms with van der Waals surface area (Å²) in [6, 6.07) is 51.6. The number of hydrogen-bond acceptors (Lipinski definition) is 4. The summed E-state index contributed by atoms with van der Waals surface area (Å²) in [6.07, 6.45) is 3.63. The second-order valence-corrected chi connectivity index (χ2v) is 13.1. The molecule has 0 N–H and O–H groups in total. The van der Waals surface area contributed by atoms with Crippen LogP contribution in [0.2, 0.25) is 0 Å². The van der Waals surface area contributed by atoms with Gasteiger partial charge in [0.1, 0.15) is 4.83 Å². The van der Waals surface area contributed by atoms with Crippen molar-refractivity contribution in [2.45, 2.75) is 0 Å². The molecule has 48 heavy (non-hydrogen) atoms. The van der Waals surface area contributed by atoms with Crippen molar-refractivity contribution < 1.29 is 0 Å². The highest BCUT2D eigenvalue weighted by molar-refractivity contribution is 7.25. The highest BCUT2D eigenvalue weighted by atomic mass is 32.1. The molecular weight excluding hydrogens is 605 g/mol. The van der Waals surface area contributed by atoms with Gasteiger partial charge in [0.25, 0.3) is 0 Å². The topological polar surface area (TPSA) is 43.1 Å². The van der Waals surface area contributed by atoms with Gasteiger partial charge in [0.2, 0.25) is 0 Å². The van der Waals surface area contributed by atoms with E-state index in [9.17, 15) is 0 Å². The highest BCUT2D eigenvalue weighted by Gasteiger charge is 2.22. The Morgan fingerprint density at radius 3 is 1.85 bits per heavy atom. The molecule has 4 aromatic carbocycles. The Labute approximate surface area is 280 Å². The van der Waals surface area contributed by atoms with E-state index in [1.807, 2.05) is 60.1 Å². The van der Waals surface area contributed by atoms with Crippen LogP contribution in [0.25, 0.3) is 92.5 Å². The molecular formula is C43H26N4S. The molecule has 0 spiro atoms. The minimum Gasteiger partial charge on any atom is -0.299 e. The zero-order valence-corrected chi connectivity index (χ0v) is 26.5. The lowest BCUT2D eigenvalue weighted by Crippen LogP contribution is -1.94. The molecule has 0 aliphatic rings. The average molecular weight is 631 g/mol. The number of fused-ring (bicyclic) bond motifs is 10. The smallest absolute Gasteiger partial charge is 0.109 e. The zero-order chi connectivity index (χ0) is 31.6. The van der Waals surface area contributed by atoms with E-state index in [0.29, 0.717) is 0 Å². The van der Waals surface area contributed by atoms with E-state index < -0.39 is 0 Å². The van der Waals surface area contributed by atoms with Crippen molar-refractivity contribution >= 4 is 58.8 Å². The SMILES string of the molecule is c1ccc(-c2c3ccccc3n3c4sc5ccccc5c4c4ccc(-c5cc(-c6ccccn6)nc(-c6ccccn6)c5)cc4c23)cc1. The van der Waals surface area contributed by atoms with Crippen LogP contribution in [0.4, 0.5) is 0 Å². The van der Waals surface area contributed by atoms with E-state index in [1.54, 1.807) is 0 Å². The Bertz CT molecular complexity index is 2760. The summed E-state index contributed by atoms with van der Waals surface area (Å²) in [5, 5.41) is 6.30. The molecule has 4 nitrogen and oxygen atoms in total. The highest BCUT2D eigenvalue weighted by Crippen LogP contribution is 2.47. The molecule has 0 saturated carbocycles. The van der Waals surface area contributed by atoms with Crippen molar-refractivity contribution in [2.24, 2.45) is 0 Å². The van der Waals surface area contributed by atoms with Gasteiger partial charge in [0.05, 0.1) is 33.8 Å². The summed E-state index contributed by atoms with van der Waals surface area (Å²) in [6.45, 7) is 0. The number of para-hydroxylation sites is 1. The summed E-state index contributed by atoms with van der Waals surface area (Å²) >= 11 is 1.87. The van der Waals surface area contributed by atoms with Crippen molar-refractivity contribution in [1.29, 1.82) is 0 Å². The van der Waals surface area contributed by atoms with Crippen LogP contribution in [-0.2, 0) is 0 Å². The van der Waals surface area contributed by atoms with Crippen LogP contribution < -0.4 is 0 Å². The zero-order valence-electron chi connectivity index (χ0n) is 25.7. The Balaban J connectivity index is 1.35. The third kappa shape index (κ3) is 4.11. The van der Waals surface area contributed by atoms with Gasteiger partial charge in [0.15, 0.2) is 0 Å². The molecule has 0 atom stereocenters. The maximum atomic E-state index is 5.03. The summed E-state index contributed by atoms with van der Waals surface area (Å²) in [7, 11) is 0. The van der Waals surface area contributed by atoms with Crippen molar-refractivity contribution in [3.05, 3.63) is 158 Å². The third-order valence-corrected chi connectivity index (χ3v) is 10.4. The molecule has 6 aromatic heterocycles. The van der Waals surface area contributed by atoms with Gasteiger partial charge in [-0.2, -0.15) is 0 Å². The predicted molar refractivity (Wildman–Crippen MR) is 200 cm³/mol. The first kappa shape index (κ1) is 27.0. The molecule has 5 heteroatoms. The fourth-order valence-electron chi connectivity index (χ4n) is 7.18. The van der Waals surface area contributed by atoms with Crippen LogP contribution in [0.3, 0.4) is 0 Å². The predicted octanol–water partition coefficient (Wildman–Crippen LogP) is 11.5. The quantitative estimate of drug-likeness (QED) is 0.194. The normalized spacial score (nSPS) is 11.8. The molecule has 0 saturated heterocycles. The first-order valence-corrected chi connectivity index (χ1v) is 16.8. The van der Waals surface area contributed by atoms with Gasteiger partial charge >= 0.3 is 0 Å². The van der Waals surface area contributed by atoms with Crippen LogP contribution in [0, 0.1) is 0 Å². The summed E-state index contributed by atoms with van der Waals surface area (Å²) < 4.78 is 3.80. The number of nitrogens with zero attached hydrogens (tertiary/aromatic N) is 4. The van der Waals surface area contributed by atoms with Crippen molar-refractivity contribution in [3.63, 3.8) is 0 Å². The lowest BCUT2D eigenvalue weighted by atomic mass is 9.95. The van der Waals surface area contributed by atoms with E-state index in [4.69, 9.17) is 4.98 Å². The van der Waals surface area contributed by atoms with Gasteiger partial charge < -0.3 is 0 Å². The molecule has 0 radical (unpaired) electrons. The number of hydrogen-bond donors (Lipinski definition) is 0. The number of pyridine rings is 4. The molecule has 0 aliphatic heterocycles. The average Bonchev–Trinajstić information content (AvgIpc) is 3.72. The Morgan fingerprint density at radius 2 is 1.12 bits per heavy atom. The van der Waals surface area contributed by atoms with E-state index in [-0.39, 0.29) is 0 Å². The third-order valence-electron chi connectivity index (χ3n) is 9.27. The fraction of sp³-hybridized carbons (Fsp3) is 0. The van der Waals surface area contributed by atoms with E-state index >= 15 is 0 Å². The van der Waals surface area contributed by atoms with Crippen LogP contribution in [0.15, 0.2) is 158 Å². The molecule has 10 aromatic rings. The van der Waals surface area contributed by atoms with Crippen molar-refractivity contribution in [2.75, 3.05) is 0 Å². The first-order chi connectivity index (χ1) is 23.8. The Morgan fingerprint density at radius 1 is 0.458 bits per heavy atom. The van der Waals surface area contributed by atoms with Gasteiger partial charge in [-0.3, -0.25) is 14.4 Å². The molecule has 0 amide bonds. The number of rotatable bonds is 4. The lowest BCUT2D eigenvalue weighted by molar-refractivity contribution is 1.22. The number of benzene rings is 4. The lowest BCUT2D eigenvalue weighted by Gasteiger charge is -2.13. The molecule has 0 fully saturated rings. The van der Waals surface area contributed by atoms with Gasteiger partial charge in [-0.05, 0) is 76.7 Å². The molecule has 224 valence electrons. The van der Waals surface area contributed by atoms with E-state index in [0.717, 1.165) is 33.9 Å². The monoisotopic (exact) mass is 630 g/mol. The largest absolute Gasteiger partial charge is 0.299 e. The number of thiophene rings is 1. The standard InChI is InChI=1S/C43H26N4S/c1-2-12-27(13-3-1)40-31-14-4-6-18-38(31)47-42(40)33-24-28(20-21-30(33)41-32-15-5-7-19-39(32)48-43(41)47)29-25-36(34-16-8-10-22-44-34)46-37(26-29)35-17-9-11-23-45-35/h1-26H. The van der Waals surface area contributed by atoms with Gasteiger partial charge in [-0.25, -0.2) is 4.98 Å². The van der Waals surface area contributed by atoms with Crippen molar-refractivity contribution in [3.8, 4) is 45.0 Å². The molecule has 0 aliphatic carbocycles. The van der Waals surface area contributed by atoms with E-state index in [1.165, 1.54) is 58.6 Å². The Hall–Kier alpha value is -6.17. The van der Waals surface area contributed by atoms with Crippen LogP contribution in [0.1, 0.15) is 0 Å². The molecule has 6 heterocycles. The van der Waals surface area contributed by atoms with Crippen molar-refractivity contribution in [1.82, 2.24) is 19.4 Å². The number of aromatic nitrogens is 4. The second-order valence-electron chi connectivity index (χ2n) is 12.0. The van der Waals surface area contributed by atoms with Crippen LogP contribution in [0.5, 0.6) is 0 Å². The fourth-order valence-corrected chi connectivity index (χ4v) is 8.42. The van der Waals surface area contributed by atoms with Crippen LogP contribution >= 0.6 is 11.3 Å². The minimum absolute atomic E-state index is 0.816. The maximum absolute atomic E-state index is 5.03. The summed E-state index contributed by atoms with van der Waals surface area (Å²) in [5.41, 5.74) is 10.4. The molecule has 0 bridgehead atoms. The maximum Gasteiger partial charge on any atom is 0.109 e. The Kier molecular flexibility index (Phi) is 6.01. The summed E-state index contributed by atoms with van der Waals surface area (Å²) in [5.74, 6) is 0. The van der Waals surface area contributed by atoms with Gasteiger partial charge in [0, 0.05) is 44.2 Å². The van der Waals surface area contributed by atoms with Gasteiger partial charge in [-0.1, -0.05) is 91.0 Å². The first-order valence-electron chi connectivity index (χ1n) is 16.0.